The summed E-state index contributed by atoms with van der Waals surface area (Å²) >= 11 is 0. The first kappa shape index (κ1) is 12.6. The van der Waals surface area contributed by atoms with Gasteiger partial charge in [0.2, 0.25) is 0 Å². The van der Waals surface area contributed by atoms with Gasteiger partial charge in [-0.3, -0.25) is 0 Å². The van der Waals surface area contributed by atoms with E-state index in [0.29, 0.717) is 5.92 Å². The molecule has 0 saturated heterocycles. The molecule has 0 unspecified atom stereocenters. The fourth-order valence-corrected chi connectivity index (χ4v) is 2.33. The molecular weight excluding hydrogens is 216 g/mol. The van der Waals surface area contributed by atoms with Crippen LogP contribution in [-0.2, 0) is 0 Å². The molecule has 92 valence electrons. The summed E-state index contributed by atoms with van der Waals surface area (Å²) in [5.74, 6) is 0.516. The molecule has 2 aromatic rings. The van der Waals surface area contributed by atoms with Gasteiger partial charge in [-0.1, -0.05) is 69.0 Å². The maximum atomic E-state index is 4.30. The van der Waals surface area contributed by atoms with Crippen LogP contribution < -0.4 is 0 Å². The van der Waals surface area contributed by atoms with Gasteiger partial charge in [-0.05, 0) is 40.7 Å². The zero-order valence-electron chi connectivity index (χ0n) is 11.4. The van der Waals surface area contributed by atoms with Gasteiger partial charge in [0, 0.05) is 0 Å². The molecule has 2 rings (SSSR count). The van der Waals surface area contributed by atoms with Gasteiger partial charge in [0.1, 0.15) is 0 Å². The van der Waals surface area contributed by atoms with Gasteiger partial charge in [0.15, 0.2) is 0 Å². The van der Waals surface area contributed by atoms with Crippen LogP contribution in [-0.4, -0.2) is 0 Å². The summed E-state index contributed by atoms with van der Waals surface area (Å²) in [7, 11) is 0. The van der Waals surface area contributed by atoms with E-state index in [-0.39, 0.29) is 0 Å². The highest BCUT2D eigenvalue weighted by Gasteiger charge is 2.11. The summed E-state index contributed by atoms with van der Waals surface area (Å²) in [6, 6.07) is 17.0. The van der Waals surface area contributed by atoms with Crippen LogP contribution in [0.3, 0.4) is 0 Å². The van der Waals surface area contributed by atoms with Gasteiger partial charge in [-0.15, -0.1) is 0 Å². The van der Waals surface area contributed by atoms with Crippen molar-refractivity contribution in [2.45, 2.75) is 26.7 Å². The fourth-order valence-electron chi connectivity index (χ4n) is 2.33. The first-order valence-corrected chi connectivity index (χ1v) is 6.45. The number of rotatable bonds is 3. The van der Waals surface area contributed by atoms with Gasteiger partial charge < -0.3 is 0 Å². The highest BCUT2D eigenvalue weighted by molar-refractivity contribution is 5.81. The zero-order valence-corrected chi connectivity index (χ0v) is 11.4. The summed E-state index contributed by atoms with van der Waals surface area (Å²) in [6.07, 6.45) is 0. The van der Waals surface area contributed by atoms with Crippen LogP contribution in [0.5, 0.6) is 0 Å². The van der Waals surface area contributed by atoms with E-state index in [2.05, 4.69) is 75.9 Å². The number of hydrogen-bond donors (Lipinski definition) is 0. The minimum Gasteiger partial charge on any atom is -0.0905 e. The normalized spacial score (nSPS) is 10.7. The summed E-state index contributed by atoms with van der Waals surface area (Å²) in [4.78, 5) is 0. The number of aryl methyl sites for hydroxylation is 1. The van der Waals surface area contributed by atoms with E-state index in [4.69, 9.17) is 0 Å². The Morgan fingerprint density at radius 3 is 2.06 bits per heavy atom. The van der Waals surface area contributed by atoms with Gasteiger partial charge in [0.05, 0.1) is 0 Å². The minimum absolute atomic E-state index is 0.516. The Bertz CT molecular complexity index is 562. The molecule has 0 aliphatic carbocycles. The van der Waals surface area contributed by atoms with E-state index in [1.165, 1.54) is 22.3 Å². The van der Waals surface area contributed by atoms with Gasteiger partial charge in [-0.25, -0.2) is 0 Å². The molecule has 0 heteroatoms. The third-order valence-corrected chi connectivity index (χ3v) is 3.38. The van der Waals surface area contributed by atoms with Crippen molar-refractivity contribution >= 4 is 5.57 Å². The van der Waals surface area contributed by atoms with Crippen LogP contribution in [0.4, 0.5) is 0 Å². The van der Waals surface area contributed by atoms with Crippen molar-refractivity contribution in [3.05, 3.63) is 77.4 Å². The molecule has 18 heavy (non-hydrogen) atoms. The maximum Gasteiger partial charge on any atom is -0.0149 e. The molecule has 0 aromatic heterocycles. The Kier molecular flexibility index (Phi) is 3.66. The Balaban J connectivity index is 2.50. The Morgan fingerprint density at radius 1 is 0.889 bits per heavy atom. The lowest BCUT2D eigenvalue weighted by Gasteiger charge is -2.16. The molecule has 0 nitrogen and oxygen atoms in total. The third-order valence-electron chi connectivity index (χ3n) is 3.38. The first-order chi connectivity index (χ1) is 8.61. The second kappa shape index (κ2) is 5.22. The van der Waals surface area contributed by atoms with Gasteiger partial charge >= 0.3 is 0 Å². The molecule has 0 saturated carbocycles. The van der Waals surface area contributed by atoms with Crippen molar-refractivity contribution < 1.29 is 0 Å². The van der Waals surface area contributed by atoms with Gasteiger partial charge in [-0.2, -0.15) is 0 Å². The van der Waals surface area contributed by atoms with Crippen molar-refractivity contribution in [1.82, 2.24) is 0 Å². The number of benzene rings is 2. The molecule has 0 atom stereocenters. The third kappa shape index (κ3) is 2.38. The van der Waals surface area contributed by atoms with E-state index in [1.54, 1.807) is 0 Å². The van der Waals surface area contributed by atoms with E-state index < -0.39 is 0 Å². The van der Waals surface area contributed by atoms with E-state index >= 15 is 0 Å². The molecule has 0 spiro atoms. The molecule has 0 amide bonds. The topological polar surface area (TPSA) is 0 Å². The largest absolute Gasteiger partial charge is 0.0905 e. The smallest absolute Gasteiger partial charge is 0.0149 e. The SMILES string of the molecule is C=C(c1ccccc1C)c1ccccc1C(C)C. The quantitative estimate of drug-likeness (QED) is 0.688. The molecule has 2 aromatic carbocycles. The monoisotopic (exact) mass is 236 g/mol. The van der Waals surface area contributed by atoms with Crippen molar-refractivity contribution in [2.24, 2.45) is 0 Å². The second-order valence-corrected chi connectivity index (χ2v) is 5.04. The van der Waals surface area contributed by atoms with E-state index in [1.807, 2.05) is 0 Å². The molecule has 0 bridgehead atoms. The maximum absolute atomic E-state index is 4.30. The zero-order chi connectivity index (χ0) is 13.1. The Morgan fingerprint density at radius 2 is 1.44 bits per heavy atom. The van der Waals surface area contributed by atoms with Crippen LogP contribution in [0.15, 0.2) is 55.1 Å². The molecule has 0 aliphatic heterocycles. The van der Waals surface area contributed by atoms with Crippen LogP contribution in [0, 0.1) is 6.92 Å². The van der Waals surface area contributed by atoms with Crippen LogP contribution >= 0.6 is 0 Å². The number of hydrogen-bond acceptors (Lipinski definition) is 0. The fraction of sp³-hybridized carbons (Fsp3) is 0.222. The summed E-state index contributed by atoms with van der Waals surface area (Å²) in [6.45, 7) is 10.9. The predicted molar refractivity (Wildman–Crippen MR) is 79.8 cm³/mol. The Labute approximate surface area is 110 Å². The highest BCUT2D eigenvalue weighted by Crippen LogP contribution is 2.30. The van der Waals surface area contributed by atoms with Crippen LogP contribution in [0.2, 0.25) is 0 Å². The lowest BCUT2D eigenvalue weighted by atomic mass is 9.88. The average Bonchev–Trinajstić information content (AvgIpc) is 2.38. The molecular formula is C18H20. The summed E-state index contributed by atoms with van der Waals surface area (Å²) < 4.78 is 0. The lowest BCUT2D eigenvalue weighted by molar-refractivity contribution is 0.863. The van der Waals surface area contributed by atoms with Crippen molar-refractivity contribution in [3.8, 4) is 0 Å². The van der Waals surface area contributed by atoms with Crippen molar-refractivity contribution in [3.63, 3.8) is 0 Å². The highest BCUT2D eigenvalue weighted by atomic mass is 14.1. The van der Waals surface area contributed by atoms with Crippen LogP contribution in [0.1, 0.15) is 42.0 Å². The first-order valence-electron chi connectivity index (χ1n) is 6.45. The molecule has 0 fully saturated rings. The summed E-state index contributed by atoms with van der Waals surface area (Å²) in [5.41, 5.74) is 6.27. The predicted octanol–water partition coefficient (Wildman–Crippen LogP) is 5.18. The minimum atomic E-state index is 0.516. The van der Waals surface area contributed by atoms with Gasteiger partial charge in [0.25, 0.3) is 0 Å². The Hall–Kier alpha value is -1.82. The van der Waals surface area contributed by atoms with E-state index in [9.17, 15) is 0 Å². The van der Waals surface area contributed by atoms with E-state index in [0.717, 1.165) is 5.57 Å². The van der Waals surface area contributed by atoms with Crippen LogP contribution in [0.25, 0.3) is 5.57 Å². The molecule has 0 aliphatic rings. The van der Waals surface area contributed by atoms with Crippen molar-refractivity contribution in [1.29, 1.82) is 0 Å². The lowest BCUT2D eigenvalue weighted by Crippen LogP contribution is -1.97. The average molecular weight is 236 g/mol. The summed E-state index contributed by atoms with van der Waals surface area (Å²) in [5, 5.41) is 0. The standard InChI is InChI=1S/C18H20/c1-13(2)16-10-7-8-12-18(16)15(4)17-11-6-5-9-14(17)3/h5-13H,4H2,1-3H3. The molecule has 0 radical (unpaired) electrons. The second-order valence-electron chi connectivity index (χ2n) is 5.04. The van der Waals surface area contributed by atoms with Crippen molar-refractivity contribution in [2.75, 3.05) is 0 Å². The molecule has 0 heterocycles. The molecule has 0 N–H and O–H groups in total.